The molecule has 2 heteroatoms. The van der Waals surface area contributed by atoms with E-state index in [0.29, 0.717) is 0 Å². The van der Waals surface area contributed by atoms with Crippen molar-refractivity contribution >= 4 is 0 Å². The van der Waals surface area contributed by atoms with Crippen LogP contribution in [-0.2, 0) is 4.74 Å². The van der Waals surface area contributed by atoms with Crippen LogP contribution in [-0.4, -0.2) is 38.5 Å². The third-order valence-corrected chi connectivity index (χ3v) is 3.45. The Hall–Kier alpha value is -0.0800. The average molecular weight is 258 g/mol. The van der Waals surface area contributed by atoms with Crippen molar-refractivity contribution in [3.05, 3.63) is 0 Å². The van der Waals surface area contributed by atoms with E-state index in [9.17, 15) is 0 Å². The largest absolute Gasteiger partial charge is 0.332 e. The fourth-order valence-electron chi connectivity index (χ4n) is 2.15. The van der Waals surface area contributed by atoms with Gasteiger partial charge in [-0.3, -0.25) is 0 Å². The van der Waals surface area contributed by atoms with Crippen LogP contribution in [0.15, 0.2) is 0 Å². The van der Waals surface area contributed by atoms with Gasteiger partial charge < -0.3 is 9.22 Å². The Kier molecular flexibility index (Phi) is 11.9. The molecule has 0 aliphatic carbocycles. The number of rotatable bonds is 13. The van der Waals surface area contributed by atoms with Crippen LogP contribution in [0.5, 0.6) is 0 Å². The van der Waals surface area contributed by atoms with E-state index in [4.69, 9.17) is 4.74 Å². The van der Waals surface area contributed by atoms with Crippen LogP contribution in [0, 0.1) is 0 Å². The third kappa shape index (κ3) is 12.4. The van der Waals surface area contributed by atoms with Crippen LogP contribution in [0.25, 0.3) is 0 Å². The maximum atomic E-state index is 5.77. The topological polar surface area (TPSA) is 9.23 Å². The second kappa shape index (κ2) is 12.0. The summed E-state index contributed by atoms with van der Waals surface area (Å²) < 4.78 is 6.78. The van der Waals surface area contributed by atoms with E-state index in [1.54, 1.807) is 0 Å². The van der Waals surface area contributed by atoms with Crippen molar-refractivity contribution in [2.24, 2.45) is 0 Å². The smallest absolute Gasteiger partial charge is 0.182 e. The molecule has 0 heterocycles. The first-order valence-corrected chi connectivity index (χ1v) is 8.02. The molecular weight excluding hydrogens is 222 g/mol. The predicted molar refractivity (Wildman–Crippen MR) is 80.7 cm³/mol. The van der Waals surface area contributed by atoms with Crippen molar-refractivity contribution in [2.75, 3.05) is 34.0 Å². The van der Waals surface area contributed by atoms with Crippen LogP contribution in [0.3, 0.4) is 0 Å². The molecule has 18 heavy (non-hydrogen) atoms. The van der Waals surface area contributed by atoms with Crippen molar-refractivity contribution in [2.45, 2.75) is 71.6 Å². The minimum absolute atomic E-state index is 0.874. The van der Waals surface area contributed by atoms with Crippen LogP contribution < -0.4 is 0 Å². The lowest BCUT2D eigenvalue weighted by molar-refractivity contribution is -0.909. The van der Waals surface area contributed by atoms with Gasteiger partial charge in [-0.15, -0.1) is 0 Å². The zero-order valence-electron chi connectivity index (χ0n) is 13.3. The molecule has 0 rings (SSSR count). The van der Waals surface area contributed by atoms with Crippen molar-refractivity contribution in [3.8, 4) is 0 Å². The summed E-state index contributed by atoms with van der Waals surface area (Å²) in [6, 6.07) is 0. The normalized spacial score (nSPS) is 12.0. The molecule has 0 saturated heterocycles. The number of hydrogen-bond donors (Lipinski definition) is 0. The van der Waals surface area contributed by atoms with E-state index in [2.05, 4.69) is 27.9 Å². The number of ether oxygens (including phenoxy) is 1. The van der Waals surface area contributed by atoms with Gasteiger partial charge in [0.2, 0.25) is 0 Å². The summed E-state index contributed by atoms with van der Waals surface area (Å²) in [6.07, 6.45) is 12.1. The van der Waals surface area contributed by atoms with Crippen molar-refractivity contribution in [1.82, 2.24) is 0 Å². The summed E-state index contributed by atoms with van der Waals surface area (Å²) in [4.78, 5) is 0. The van der Waals surface area contributed by atoms with Gasteiger partial charge in [-0.1, -0.05) is 52.4 Å². The van der Waals surface area contributed by atoms with Crippen molar-refractivity contribution in [1.29, 1.82) is 0 Å². The first-order valence-electron chi connectivity index (χ1n) is 8.02. The van der Waals surface area contributed by atoms with E-state index in [1.165, 1.54) is 64.3 Å². The molecular formula is C16H36NO+. The van der Waals surface area contributed by atoms with E-state index in [1.807, 2.05) is 0 Å². The first-order chi connectivity index (χ1) is 8.62. The van der Waals surface area contributed by atoms with Gasteiger partial charge in [0.15, 0.2) is 6.73 Å². The Morgan fingerprint density at radius 1 is 0.722 bits per heavy atom. The lowest BCUT2D eigenvalue weighted by atomic mass is 10.1. The molecule has 0 N–H and O–H groups in total. The molecule has 0 aromatic heterocycles. The Morgan fingerprint density at radius 3 is 1.94 bits per heavy atom. The summed E-state index contributed by atoms with van der Waals surface area (Å²) in [5.74, 6) is 0. The molecule has 0 aromatic rings. The second-order valence-electron chi connectivity index (χ2n) is 6.17. The highest BCUT2D eigenvalue weighted by atomic mass is 16.5. The van der Waals surface area contributed by atoms with Crippen molar-refractivity contribution < 1.29 is 9.22 Å². The summed E-state index contributed by atoms with van der Waals surface area (Å²) >= 11 is 0. The third-order valence-electron chi connectivity index (χ3n) is 3.45. The summed E-state index contributed by atoms with van der Waals surface area (Å²) in [6.45, 7) is 7.57. The summed E-state index contributed by atoms with van der Waals surface area (Å²) in [5.41, 5.74) is 0. The maximum absolute atomic E-state index is 5.77. The van der Waals surface area contributed by atoms with Crippen LogP contribution in [0.4, 0.5) is 0 Å². The maximum Gasteiger partial charge on any atom is 0.182 e. The van der Waals surface area contributed by atoms with Gasteiger partial charge in [0.1, 0.15) is 0 Å². The zero-order valence-corrected chi connectivity index (χ0v) is 13.3. The van der Waals surface area contributed by atoms with E-state index in [0.717, 1.165) is 17.8 Å². The molecule has 0 aliphatic rings. The molecule has 0 bridgehead atoms. The highest BCUT2D eigenvalue weighted by Crippen LogP contribution is 2.08. The van der Waals surface area contributed by atoms with Gasteiger partial charge in [-0.2, -0.15) is 0 Å². The molecule has 2 nitrogen and oxygen atoms in total. The molecule has 0 unspecified atom stereocenters. The fourth-order valence-corrected chi connectivity index (χ4v) is 2.15. The SMILES string of the molecule is CCCCCCCC[N+](C)(C)COCCCCC. The molecule has 0 spiro atoms. The average Bonchev–Trinajstić information content (AvgIpc) is 2.33. The van der Waals surface area contributed by atoms with Gasteiger partial charge in [0, 0.05) is 0 Å². The van der Waals surface area contributed by atoms with Gasteiger partial charge >= 0.3 is 0 Å². The zero-order chi connectivity index (χ0) is 13.7. The molecule has 0 aliphatic heterocycles. The number of unbranched alkanes of at least 4 members (excludes halogenated alkanes) is 7. The molecule has 0 aromatic carbocycles. The molecule has 0 amide bonds. The molecule has 0 fully saturated rings. The van der Waals surface area contributed by atoms with E-state index < -0.39 is 0 Å². The van der Waals surface area contributed by atoms with Gasteiger partial charge in [0.05, 0.1) is 27.2 Å². The van der Waals surface area contributed by atoms with Crippen LogP contribution in [0.2, 0.25) is 0 Å². The van der Waals surface area contributed by atoms with Crippen LogP contribution in [0.1, 0.15) is 71.6 Å². The quantitative estimate of drug-likeness (QED) is 0.267. The number of hydrogen-bond acceptors (Lipinski definition) is 1. The number of quaternary nitrogens is 1. The van der Waals surface area contributed by atoms with Gasteiger partial charge in [-0.05, 0) is 19.3 Å². The number of nitrogens with zero attached hydrogens (tertiary/aromatic N) is 1. The van der Waals surface area contributed by atoms with E-state index in [-0.39, 0.29) is 0 Å². The molecule has 110 valence electrons. The summed E-state index contributed by atoms with van der Waals surface area (Å²) in [7, 11) is 4.57. The Morgan fingerprint density at radius 2 is 1.28 bits per heavy atom. The highest BCUT2D eigenvalue weighted by Gasteiger charge is 2.13. The minimum Gasteiger partial charge on any atom is -0.332 e. The molecule has 0 atom stereocenters. The van der Waals surface area contributed by atoms with E-state index >= 15 is 0 Å². The standard InChI is InChI=1S/C16H36NO/c1-5-7-9-10-11-12-14-17(3,4)16-18-15-13-8-6-2/h5-16H2,1-4H3/q+1. The fraction of sp³-hybridized carbons (Fsp3) is 1.00. The monoisotopic (exact) mass is 258 g/mol. The van der Waals surface area contributed by atoms with Crippen LogP contribution >= 0.6 is 0 Å². The Labute approximate surface area is 115 Å². The lowest BCUT2D eigenvalue weighted by Gasteiger charge is -2.29. The Bertz CT molecular complexity index is 168. The molecule has 0 saturated carbocycles. The predicted octanol–water partition coefficient (Wildman–Crippen LogP) is 4.59. The summed E-state index contributed by atoms with van der Waals surface area (Å²) in [5, 5.41) is 0. The lowest BCUT2D eigenvalue weighted by Crippen LogP contribution is -2.42. The second-order valence-corrected chi connectivity index (χ2v) is 6.17. The van der Waals surface area contributed by atoms with Gasteiger partial charge in [-0.25, -0.2) is 0 Å². The van der Waals surface area contributed by atoms with Gasteiger partial charge in [0.25, 0.3) is 0 Å². The van der Waals surface area contributed by atoms with Crippen molar-refractivity contribution in [3.63, 3.8) is 0 Å². The minimum atomic E-state index is 0.874. The molecule has 0 radical (unpaired) electrons. The highest BCUT2D eigenvalue weighted by molar-refractivity contribution is 4.43. The first kappa shape index (κ1) is 17.9. The Balaban J connectivity index is 3.37.